The number of fused-ring (bicyclic) bond motifs is 4. The second kappa shape index (κ2) is 8.01. The van der Waals surface area contributed by atoms with E-state index in [1.54, 1.807) is 22.7 Å². The molecule has 6 rings (SSSR count). The molecule has 0 unspecified atom stereocenters. The standard InChI is InChI=1S/C24H17BrN6O2S/c25-17-8-6-16(7-9-17)21-14-31-24(28-21)29-23-22(30-31)19-12-18(10-11-20(19)27-23)34(32,33)26-13-15-4-2-1-3-5-15/h1-12,14,26H,13H2,(H,27,28,29). The van der Waals surface area contributed by atoms with Crippen LogP contribution in [0.1, 0.15) is 5.56 Å². The number of imidazole rings is 1. The molecule has 0 saturated carbocycles. The van der Waals surface area contributed by atoms with Gasteiger partial charge in [0, 0.05) is 27.5 Å². The van der Waals surface area contributed by atoms with Gasteiger partial charge in [0.05, 0.1) is 16.8 Å². The first-order valence-corrected chi connectivity index (χ1v) is 12.7. The van der Waals surface area contributed by atoms with Crippen molar-refractivity contribution in [2.75, 3.05) is 0 Å². The number of nitrogens with one attached hydrogen (secondary N) is 2. The minimum absolute atomic E-state index is 0.167. The second-order valence-electron chi connectivity index (χ2n) is 7.83. The topological polar surface area (TPSA) is 105 Å². The van der Waals surface area contributed by atoms with Crippen LogP contribution in [0, 0.1) is 0 Å². The molecule has 0 bridgehead atoms. The molecule has 0 fully saturated rings. The Kier molecular flexibility index (Phi) is 4.94. The number of hydrogen-bond donors (Lipinski definition) is 2. The summed E-state index contributed by atoms with van der Waals surface area (Å²) in [5.74, 6) is 0.453. The fourth-order valence-electron chi connectivity index (χ4n) is 3.83. The highest BCUT2D eigenvalue weighted by Gasteiger charge is 2.18. The van der Waals surface area contributed by atoms with Gasteiger partial charge in [-0.15, -0.1) is 0 Å². The van der Waals surface area contributed by atoms with Crippen molar-refractivity contribution in [2.45, 2.75) is 11.4 Å². The summed E-state index contributed by atoms with van der Waals surface area (Å²) < 4.78 is 31.1. The number of halogens is 1. The molecule has 3 heterocycles. The first-order valence-electron chi connectivity index (χ1n) is 10.4. The van der Waals surface area contributed by atoms with Gasteiger partial charge in [-0.3, -0.25) is 0 Å². The molecule has 6 aromatic rings. The van der Waals surface area contributed by atoms with Crippen LogP contribution < -0.4 is 4.72 Å². The van der Waals surface area contributed by atoms with Gasteiger partial charge in [-0.2, -0.15) is 10.1 Å². The molecule has 2 N–H and O–H groups in total. The van der Waals surface area contributed by atoms with Crippen molar-refractivity contribution in [3.63, 3.8) is 0 Å². The Labute approximate surface area is 202 Å². The van der Waals surface area contributed by atoms with Gasteiger partial charge >= 0.3 is 0 Å². The molecule has 0 radical (unpaired) electrons. The van der Waals surface area contributed by atoms with Crippen molar-refractivity contribution < 1.29 is 8.42 Å². The number of hydrogen-bond acceptors (Lipinski definition) is 5. The molecule has 0 spiro atoms. The van der Waals surface area contributed by atoms with Crippen LogP contribution in [0.15, 0.2) is 88.4 Å². The number of aromatic amines is 1. The molecule has 168 valence electrons. The average Bonchev–Trinajstić information content (AvgIpc) is 3.42. The number of rotatable bonds is 5. The Morgan fingerprint density at radius 1 is 0.971 bits per heavy atom. The van der Waals surface area contributed by atoms with Gasteiger partial charge in [0.25, 0.3) is 5.78 Å². The summed E-state index contributed by atoms with van der Waals surface area (Å²) in [6, 6.07) is 22.1. The molecule has 10 heteroatoms. The number of sulfonamides is 1. The van der Waals surface area contributed by atoms with Crippen LogP contribution in [0.4, 0.5) is 0 Å². The van der Waals surface area contributed by atoms with Crippen molar-refractivity contribution in [3.8, 4) is 11.3 Å². The second-order valence-corrected chi connectivity index (χ2v) is 10.5. The van der Waals surface area contributed by atoms with E-state index in [2.05, 4.69) is 40.7 Å². The lowest BCUT2D eigenvalue weighted by Crippen LogP contribution is -2.23. The van der Waals surface area contributed by atoms with Crippen LogP contribution in [0.5, 0.6) is 0 Å². The predicted molar refractivity (Wildman–Crippen MR) is 134 cm³/mol. The highest BCUT2D eigenvalue weighted by Crippen LogP contribution is 2.27. The molecule has 0 aliphatic rings. The number of H-pyrrole nitrogens is 1. The smallest absolute Gasteiger partial charge is 0.253 e. The Bertz CT molecular complexity index is 1780. The van der Waals surface area contributed by atoms with Crippen LogP contribution >= 0.6 is 15.9 Å². The molecular formula is C24H17BrN6O2S. The van der Waals surface area contributed by atoms with E-state index < -0.39 is 10.0 Å². The molecule has 3 aromatic carbocycles. The molecule has 0 atom stereocenters. The lowest BCUT2D eigenvalue weighted by molar-refractivity contribution is 0.581. The van der Waals surface area contributed by atoms with Crippen molar-refractivity contribution in [3.05, 3.63) is 89.0 Å². The quantitative estimate of drug-likeness (QED) is 0.335. The monoisotopic (exact) mass is 532 g/mol. The van der Waals surface area contributed by atoms with Gasteiger partial charge in [-0.05, 0) is 35.9 Å². The maximum Gasteiger partial charge on any atom is 0.253 e. The minimum atomic E-state index is -3.71. The highest BCUT2D eigenvalue weighted by atomic mass is 79.9. The lowest BCUT2D eigenvalue weighted by Gasteiger charge is -2.07. The summed E-state index contributed by atoms with van der Waals surface area (Å²) >= 11 is 3.44. The van der Waals surface area contributed by atoms with E-state index in [1.807, 2.05) is 60.8 Å². The van der Waals surface area contributed by atoms with E-state index in [9.17, 15) is 8.42 Å². The van der Waals surface area contributed by atoms with E-state index in [4.69, 9.17) is 0 Å². The Hall–Kier alpha value is -3.60. The third kappa shape index (κ3) is 3.75. The zero-order chi connectivity index (χ0) is 23.3. The van der Waals surface area contributed by atoms with Gasteiger partial charge in [0.15, 0.2) is 5.65 Å². The molecule has 0 aliphatic heterocycles. The highest BCUT2D eigenvalue weighted by molar-refractivity contribution is 9.10. The zero-order valence-electron chi connectivity index (χ0n) is 17.6. The van der Waals surface area contributed by atoms with E-state index in [0.29, 0.717) is 22.3 Å². The number of aromatic nitrogens is 5. The molecule has 0 amide bonds. The fraction of sp³-hybridized carbons (Fsp3) is 0.0417. The van der Waals surface area contributed by atoms with Gasteiger partial charge in [0.1, 0.15) is 5.52 Å². The van der Waals surface area contributed by atoms with Gasteiger partial charge in [0.2, 0.25) is 10.0 Å². The summed E-state index contributed by atoms with van der Waals surface area (Å²) in [4.78, 5) is 12.6. The van der Waals surface area contributed by atoms with Crippen molar-refractivity contribution in [2.24, 2.45) is 0 Å². The Balaban J connectivity index is 1.39. The van der Waals surface area contributed by atoms with Crippen LogP contribution in [-0.4, -0.2) is 33.0 Å². The van der Waals surface area contributed by atoms with Crippen LogP contribution in [-0.2, 0) is 16.6 Å². The lowest BCUT2D eigenvalue weighted by atomic mass is 10.2. The Morgan fingerprint density at radius 3 is 2.56 bits per heavy atom. The molecule has 34 heavy (non-hydrogen) atoms. The van der Waals surface area contributed by atoms with Crippen LogP contribution in [0.25, 0.3) is 39.1 Å². The predicted octanol–water partition coefficient (Wildman–Crippen LogP) is 4.67. The first-order chi connectivity index (χ1) is 16.5. The van der Waals surface area contributed by atoms with E-state index in [0.717, 1.165) is 26.8 Å². The first kappa shape index (κ1) is 21.0. The van der Waals surface area contributed by atoms with Gasteiger partial charge in [-0.1, -0.05) is 58.4 Å². The molecule has 3 aromatic heterocycles. The summed E-state index contributed by atoms with van der Waals surface area (Å²) in [7, 11) is -3.71. The van der Waals surface area contributed by atoms with Crippen molar-refractivity contribution >= 4 is 53.8 Å². The fourth-order valence-corrected chi connectivity index (χ4v) is 5.14. The number of benzene rings is 3. The normalized spacial score (nSPS) is 12.1. The molecule has 8 nitrogen and oxygen atoms in total. The largest absolute Gasteiger partial charge is 0.338 e. The Morgan fingerprint density at radius 2 is 1.76 bits per heavy atom. The van der Waals surface area contributed by atoms with E-state index in [1.165, 1.54) is 0 Å². The maximum absolute atomic E-state index is 12.9. The average molecular weight is 533 g/mol. The van der Waals surface area contributed by atoms with Crippen LogP contribution in [0.2, 0.25) is 0 Å². The van der Waals surface area contributed by atoms with E-state index in [-0.39, 0.29) is 11.4 Å². The summed E-state index contributed by atoms with van der Waals surface area (Å²) in [5, 5.41) is 5.35. The van der Waals surface area contributed by atoms with Gasteiger partial charge in [-0.25, -0.2) is 22.6 Å². The van der Waals surface area contributed by atoms with Gasteiger partial charge < -0.3 is 4.98 Å². The zero-order valence-corrected chi connectivity index (χ0v) is 20.0. The van der Waals surface area contributed by atoms with E-state index >= 15 is 0 Å². The third-order valence-corrected chi connectivity index (χ3v) is 7.50. The summed E-state index contributed by atoms with van der Waals surface area (Å²) in [6.45, 7) is 0.212. The maximum atomic E-state index is 12.9. The molecular weight excluding hydrogens is 516 g/mol. The van der Waals surface area contributed by atoms with Crippen molar-refractivity contribution in [1.29, 1.82) is 0 Å². The molecule has 0 aliphatic carbocycles. The summed E-state index contributed by atoms with van der Waals surface area (Å²) in [5.41, 5.74) is 4.44. The third-order valence-electron chi connectivity index (χ3n) is 5.57. The minimum Gasteiger partial charge on any atom is -0.338 e. The number of nitrogens with zero attached hydrogens (tertiary/aromatic N) is 4. The molecule has 0 saturated heterocycles. The van der Waals surface area contributed by atoms with Crippen LogP contribution in [0.3, 0.4) is 0 Å². The summed E-state index contributed by atoms with van der Waals surface area (Å²) in [6.07, 6.45) is 1.81. The van der Waals surface area contributed by atoms with Crippen molar-refractivity contribution in [1.82, 2.24) is 29.3 Å². The SMILES string of the molecule is O=S(=O)(NCc1ccccc1)c1ccc2[nH]c3nc4nc(-c5ccc(Br)cc5)cn4nc3c2c1.